The van der Waals surface area contributed by atoms with Crippen molar-refractivity contribution >= 4 is 11.7 Å². The van der Waals surface area contributed by atoms with Crippen molar-refractivity contribution in [2.45, 2.75) is 6.10 Å². The number of carbonyl (C=O) groups excluding carboxylic acids is 1. The van der Waals surface area contributed by atoms with Crippen molar-refractivity contribution in [3.63, 3.8) is 0 Å². The largest absolute Gasteiger partial charge is 0.465 e. The van der Waals surface area contributed by atoms with E-state index in [0.29, 0.717) is 6.07 Å². The number of aliphatic hydroxyl groups is 2. The molecule has 0 amide bonds. The van der Waals surface area contributed by atoms with E-state index in [2.05, 4.69) is 10.1 Å². The molecule has 1 aromatic carbocycles. The summed E-state index contributed by atoms with van der Waals surface area (Å²) in [5.41, 5.74) is -0.579. The normalized spacial score (nSPS) is 12.1. The summed E-state index contributed by atoms with van der Waals surface area (Å²) in [6.07, 6.45) is -1.09. The number of esters is 1. The predicted octanol–water partition coefficient (Wildman–Crippen LogP) is 0.516. The molecule has 1 atom stereocenters. The highest BCUT2D eigenvalue weighted by Gasteiger charge is 2.16. The maximum atomic E-state index is 13.4. The standard InChI is InChI=1S/C11H13F2NO4/c1-18-11(17)7-2-10(9(13)3-8(7)12)14-4-6(16)5-15/h2-3,6,14-16H,4-5H2,1H3. The fourth-order valence-corrected chi connectivity index (χ4v) is 1.24. The molecule has 3 N–H and O–H groups in total. The van der Waals surface area contributed by atoms with Crippen molar-refractivity contribution in [2.75, 3.05) is 25.6 Å². The van der Waals surface area contributed by atoms with Crippen molar-refractivity contribution in [1.82, 2.24) is 0 Å². The Morgan fingerprint density at radius 3 is 2.67 bits per heavy atom. The lowest BCUT2D eigenvalue weighted by Crippen LogP contribution is -2.23. The van der Waals surface area contributed by atoms with Gasteiger partial charge in [-0.15, -0.1) is 0 Å². The molecule has 0 bridgehead atoms. The van der Waals surface area contributed by atoms with Crippen LogP contribution in [-0.2, 0) is 4.74 Å². The molecule has 0 heterocycles. The van der Waals surface area contributed by atoms with E-state index in [0.717, 1.165) is 13.2 Å². The van der Waals surface area contributed by atoms with Crippen molar-refractivity contribution in [1.29, 1.82) is 0 Å². The summed E-state index contributed by atoms with van der Waals surface area (Å²) >= 11 is 0. The summed E-state index contributed by atoms with van der Waals surface area (Å²) in [5.74, 6) is -2.88. The quantitative estimate of drug-likeness (QED) is 0.673. The summed E-state index contributed by atoms with van der Waals surface area (Å²) in [5, 5.41) is 20.1. The third-order valence-electron chi connectivity index (χ3n) is 2.20. The lowest BCUT2D eigenvalue weighted by Gasteiger charge is -2.12. The number of benzene rings is 1. The number of ether oxygens (including phenoxy) is 1. The molecule has 0 saturated carbocycles. The molecule has 0 fully saturated rings. The van der Waals surface area contributed by atoms with Gasteiger partial charge in [-0.25, -0.2) is 13.6 Å². The molecule has 0 aliphatic carbocycles. The number of hydrogen-bond acceptors (Lipinski definition) is 5. The molecule has 100 valence electrons. The van der Waals surface area contributed by atoms with Crippen LogP contribution in [0, 0.1) is 11.6 Å². The molecular formula is C11H13F2NO4. The molecule has 1 aromatic rings. The van der Waals surface area contributed by atoms with Crippen LogP contribution in [0.2, 0.25) is 0 Å². The van der Waals surface area contributed by atoms with Crippen LogP contribution in [0.5, 0.6) is 0 Å². The van der Waals surface area contributed by atoms with E-state index in [1.165, 1.54) is 0 Å². The molecular weight excluding hydrogens is 248 g/mol. The minimum absolute atomic E-state index is 0.139. The van der Waals surface area contributed by atoms with E-state index >= 15 is 0 Å². The summed E-state index contributed by atoms with van der Waals surface area (Å²) < 4.78 is 31.0. The second-order valence-corrected chi connectivity index (χ2v) is 3.52. The van der Waals surface area contributed by atoms with Gasteiger partial charge in [-0.3, -0.25) is 0 Å². The summed E-state index contributed by atoms with van der Waals surface area (Å²) in [6.45, 7) is -0.640. The van der Waals surface area contributed by atoms with E-state index in [1.54, 1.807) is 0 Å². The Morgan fingerprint density at radius 1 is 1.44 bits per heavy atom. The van der Waals surface area contributed by atoms with E-state index in [9.17, 15) is 13.6 Å². The highest BCUT2D eigenvalue weighted by atomic mass is 19.1. The average molecular weight is 261 g/mol. The Kier molecular flexibility index (Phi) is 4.99. The highest BCUT2D eigenvalue weighted by Crippen LogP contribution is 2.20. The fourth-order valence-electron chi connectivity index (χ4n) is 1.24. The molecule has 1 rings (SSSR count). The first-order chi connectivity index (χ1) is 8.49. The molecule has 0 aromatic heterocycles. The van der Waals surface area contributed by atoms with Gasteiger partial charge in [0.1, 0.15) is 11.6 Å². The summed E-state index contributed by atoms with van der Waals surface area (Å²) in [7, 11) is 1.08. The van der Waals surface area contributed by atoms with Crippen LogP contribution in [-0.4, -0.2) is 42.5 Å². The number of hydrogen-bond donors (Lipinski definition) is 3. The van der Waals surface area contributed by atoms with Gasteiger partial charge < -0.3 is 20.3 Å². The number of rotatable bonds is 5. The molecule has 18 heavy (non-hydrogen) atoms. The Balaban J connectivity index is 2.94. The smallest absolute Gasteiger partial charge is 0.340 e. The van der Waals surface area contributed by atoms with Gasteiger partial charge in [-0.05, 0) is 6.07 Å². The van der Waals surface area contributed by atoms with Crippen LogP contribution < -0.4 is 5.32 Å². The lowest BCUT2D eigenvalue weighted by atomic mass is 10.1. The predicted molar refractivity (Wildman–Crippen MR) is 59.3 cm³/mol. The first kappa shape index (κ1) is 14.3. The lowest BCUT2D eigenvalue weighted by molar-refractivity contribution is 0.0595. The van der Waals surface area contributed by atoms with Gasteiger partial charge in [-0.2, -0.15) is 0 Å². The third-order valence-corrected chi connectivity index (χ3v) is 2.20. The van der Waals surface area contributed by atoms with E-state index in [1.807, 2.05) is 0 Å². The second kappa shape index (κ2) is 6.27. The number of aliphatic hydroxyl groups excluding tert-OH is 2. The molecule has 0 spiro atoms. The number of halogens is 2. The highest BCUT2D eigenvalue weighted by molar-refractivity contribution is 5.90. The van der Waals surface area contributed by atoms with Gasteiger partial charge in [0.05, 0.1) is 31.1 Å². The monoisotopic (exact) mass is 261 g/mol. The minimum atomic E-state index is -1.09. The Labute approximate surface area is 102 Å². The zero-order valence-electron chi connectivity index (χ0n) is 9.61. The van der Waals surface area contributed by atoms with Crippen molar-refractivity contribution < 1.29 is 28.5 Å². The van der Waals surface area contributed by atoms with Crippen molar-refractivity contribution in [3.05, 3.63) is 29.3 Å². The van der Waals surface area contributed by atoms with E-state index in [-0.39, 0.29) is 12.2 Å². The zero-order valence-corrected chi connectivity index (χ0v) is 9.61. The number of anilines is 1. The SMILES string of the molecule is COC(=O)c1cc(NCC(O)CO)c(F)cc1F. The molecule has 0 saturated heterocycles. The summed E-state index contributed by atoms with van der Waals surface area (Å²) in [4.78, 5) is 11.2. The van der Waals surface area contributed by atoms with Gasteiger partial charge in [0.25, 0.3) is 0 Å². The molecule has 0 aliphatic heterocycles. The van der Waals surface area contributed by atoms with E-state index in [4.69, 9.17) is 10.2 Å². The average Bonchev–Trinajstić information content (AvgIpc) is 2.36. The number of nitrogens with one attached hydrogen (secondary N) is 1. The first-order valence-electron chi connectivity index (χ1n) is 5.09. The molecule has 0 radical (unpaired) electrons. The number of methoxy groups -OCH3 is 1. The van der Waals surface area contributed by atoms with Crippen LogP contribution in [0.1, 0.15) is 10.4 Å². The van der Waals surface area contributed by atoms with Gasteiger partial charge in [0.15, 0.2) is 0 Å². The maximum Gasteiger partial charge on any atom is 0.340 e. The third kappa shape index (κ3) is 3.38. The van der Waals surface area contributed by atoms with Gasteiger partial charge >= 0.3 is 5.97 Å². The van der Waals surface area contributed by atoms with Crippen molar-refractivity contribution in [3.8, 4) is 0 Å². The van der Waals surface area contributed by atoms with Crippen LogP contribution in [0.25, 0.3) is 0 Å². The van der Waals surface area contributed by atoms with Gasteiger partial charge in [0, 0.05) is 12.6 Å². The Morgan fingerprint density at radius 2 is 2.11 bits per heavy atom. The summed E-state index contributed by atoms with van der Waals surface area (Å²) in [6, 6.07) is 1.49. The maximum absolute atomic E-state index is 13.4. The minimum Gasteiger partial charge on any atom is -0.465 e. The Hall–Kier alpha value is -1.73. The molecule has 7 heteroatoms. The van der Waals surface area contributed by atoms with Crippen LogP contribution in [0.15, 0.2) is 12.1 Å². The van der Waals surface area contributed by atoms with Gasteiger partial charge in [0.2, 0.25) is 0 Å². The molecule has 5 nitrogen and oxygen atoms in total. The van der Waals surface area contributed by atoms with Crippen LogP contribution in [0.3, 0.4) is 0 Å². The molecule has 0 aliphatic rings. The van der Waals surface area contributed by atoms with E-state index < -0.39 is 35.9 Å². The van der Waals surface area contributed by atoms with Crippen LogP contribution >= 0.6 is 0 Å². The number of carbonyl (C=O) groups is 1. The first-order valence-corrected chi connectivity index (χ1v) is 5.09. The van der Waals surface area contributed by atoms with Crippen molar-refractivity contribution in [2.24, 2.45) is 0 Å². The zero-order chi connectivity index (χ0) is 13.7. The van der Waals surface area contributed by atoms with Gasteiger partial charge in [-0.1, -0.05) is 0 Å². The van der Waals surface area contributed by atoms with Crippen LogP contribution in [0.4, 0.5) is 14.5 Å². The Bertz CT molecular complexity index is 439. The molecule has 1 unspecified atom stereocenters. The topological polar surface area (TPSA) is 78.8 Å². The second-order valence-electron chi connectivity index (χ2n) is 3.52. The fraction of sp³-hybridized carbons (Fsp3) is 0.364.